The first-order chi connectivity index (χ1) is 23.8. The van der Waals surface area contributed by atoms with E-state index >= 15 is 0 Å². The number of hydrogen-bond acceptors (Lipinski definition) is 2. The molecule has 1 nitrogen and oxygen atoms in total. The van der Waals surface area contributed by atoms with E-state index in [1.54, 1.807) is 0 Å². The van der Waals surface area contributed by atoms with Crippen molar-refractivity contribution >= 4 is 96.5 Å². The monoisotopic (exact) mass is 626 g/mol. The molecule has 0 unspecified atom stereocenters. The molecule has 48 heavy (non-hydrogen) atoms. The van der Waals surface area contributed by atoms with Gasteiger partial charge >= 0.3 is 0 Å². The quantitative estimate of drug-likeness (QED) is 0.174. The molecule has 0 aliphatic heterocycles. The smallest absolute Gasteiger partial charge is 0.136 e. The minimum atomic E-state index is 0.913. The third-order valence-electron chi connectivity index (χ3n) is 10.2. The molecule has 0 radical (unpaired) electrons. The standard InChI is InChI=1S/C46H26OS/c1-2-12-30-27(10-1)11-9-18-32(30)45-35-16-5-3-14-33(35)44(34-15-4-6-17-36(34)45)29-20-22-37-41(24-29)47-40-23-21-28-25-43-39(26-38(28)46(37)40)31-13-7-8-19-42(31)48-43/h1-26H. The molecule has 9 aromatic carbocycles. The van der Waals surface area contributed by atoms with Crippen molar-refractivity contribution in [3.05, 3.63) is 158 Å². The van der Waals surface area contributed by atoms with Crippen molar-refractivity contribution in [1.82, 2.24) is 0 Å². The van der Waals surface area contributed by atoms with Crippen molar-refractivity contribution in [2.45, 2.75) is 0 Å². The Bertz CT molecular complexity index is 3060. The van der Waals surface area contributed by atoms with Crippen LogP contribution in [0.25, 0.3) is 107 Å². The van der Waals surface area contributed by atoms with E-state index in [9.17, 15) is 0 Å². The molecule has 2 heteroatoms. The van der Waals surface area contributed by atoms with Crippen LogP contribution in [0.4, 0.5) is 0 Å². The van der Waals surface area contributed by atoms with Gasteiger partial charge in [0.05, 0.1) is 0 Å². The van der Waals surface area contributed by atoms with Crippen molar-refractivity contribution in [3.63, 3.8) is 0 Å². The van der Waals surface area contributed by atoms with Crippen molar-refractivity contribution in [2.75, 3.05) is 0 Å². The maximum Gasteiger partial charge on any atom is 0.136 e. The fourth-order valence-electron chi connectivity index (χ4n) is 8.15. The van der Waals surface area contributed by atoms with Crippen LogP contribution in [0.5, 0.6) is 0 Å². The zero-order valence-electron chi connectivity index (χ0n) is 25.8. The Kier molecular flexibility index (Phi) is 5.32. The summed E-state index contributed by atoms with van der Waals surface area (Å²) in [5.74, 6) is 0. The lowest BCUT2D eigenvalue weighted by atomic mass is 9.84. The Morgan fingerprint density at radius 2 is 1.02 bits per heavy atom. The Morgan fingerprint density at radius 3 is 1.81 bits per heavy atom. The fraction of sp³-hybridized carbons (Fsp3) is 0. The maximum atomic E-state index is 6.67. The molecule has 0 saturated carbocycles. The Morgan fingerprint density at radius 1 is 0.354 bits per heavy atom. The van der Waals surface area contributed by atoms with E-state index in [1.165, 1.54) is 85.3 Å². The van der Waals surface area contributed by atoms with Gasteiger partial charge < -0.3 is 4.42 Å². The molecule has 0 fully saturated rings. The highest BCUT2D eigenvalue weighted by Crippen LogP contribution is 2.47. The minimum Gasteiger partial charge on any atom is -0.456 e. The van der Waals surface area contributed by atoms with E-state index in [4.69, 9.17) is 4.42 Å². The first kappa shape index (κ1) is 26.1. The van der Waals surface area contributed by atoms with Crippen LogP contribution in [0.15, 0.2) is 162 Å². The van der Waals surface area contributed by atoms with Gasteiger partial charge in [-0.3, -0.25) is 0 Å². The van der Waals surface area contributed by atoms with Crippen LogP contribution in [-0.4, -0.2) is 0 Å². The van der Waals surface area contributed by atoms with Crippen molar-refractivity contribution in [2.24, 2.45) is 0 Å². The lowest BCUT2D eigenvalue weighted by Gasteiger charge is -2.18. The highest BCUT2D eigenvalue weighted by atomic mass is 32.1. The summed E-state index contributed by atoms with van der Waals surface area (Å²) >= 11 is 1.87. The van der Waals surface area contributed by atoms with E-state index in [2.05, 4.69) is 158 Å². The summed E-state index contributed by atoms with van der Waals surface area (Å²) in [4.78, 5) is 0. The van der Waals surface area contributed by atoms with Gasteiger partial charge in [0.1, 0.15) is 11.2 Å². The second-order valence-electron chi connectivity index (χ2n) is 12.8. The highest BCUT2D eigenvalue weighted by molar-refractivity contribution is 7.25. The number of benzene rings is 9. The molecular weight excluding hydrogens is 601 g/mol. The van der Waals surface area contributed by atoms with Gasteiger partial charge in [-0.1, -0.05) is 121 Å². The number of thiophene rings is 1. The molecule has 0 aliphatic carbocycles. The summed E-state index contributed by atoms with van der Waals surface area (Å²) in [6, 6.07) is 57.7. The summed E-state index contributed by atoms with van der Waals surface area (Å²) < 4.78 is 9.32. The Balaban J connectivity index is 1.19. The SMILES string of the molecule is c1ccc2c(-c3c4ccccc4c(-c4ccc5c(c4)oc4ccc6cc7sc8ccccc8c7cc6c45)c4ccccc34)cccc2c1. The topological polar surface area (TPSA) is 13.1 Å². The normalized spacial score (nSPS) is 12.2. The molecule has 0 aliphatic rings. The molecule has 0 atom stereocenters. The third-order valence-corrected chi connectivity index (χ3v) is 11.4. The van der Waals surface area contributed by atoms with Crippen LogP contribution < -0.4 is 0 Å². The summed E-state index contributed by atoms with van der Waals surface area (Å²) in [6.45, 7) is 0. The van der Waals surface area contributed by atoms with Crippen LogP contribution in [-0.2, 0) is 0 Å². The summed E-state index contributed by atoms with van der Waals surface area (Å²) in [6.07, 6.45) is 0. The zero-order chi connectivity index (χ0) is 31.3. The van der Waals surface area contributed by atoms with Gasteiger partial charge in [0, 0.05) is 30.9 Å². The molecule has 0 amide bonds. The molecule has 0 spiro atoms. The summed E-state index contributed by atoms with van der Waals surface area (Å²) in [7, 11) is 0. The Labute approximate surface area is 279 Å². The van der Waals surface area contributed by atoms with Gasteiger partial charge in [-0.15, -0.1) is 11.3 Å². The van der Waals surface area contributed by atoms with Crippen molar-refractivity contribution < 1.29 is 4.42 Å². The molecule has 0 bridgehead atoms. The van der Waals surface area contributed by atoms with Gasteiger partial charge in [0.25, 0.3) is 0 Å². The van der Waals surface area contributed by atoms with Gasteiger partial charge in [-0.2, -0.15) is 0 Å². The molecule has 2 aromatic heterocycles. The highest BCUT2D eigenvalue weighted by Gasteiger charge is 2.19. The average Bonchev–Trinajstić information content (AvgIpc) is 3.70. The van der Waals surface area contributed by atoms with Crippen LogP contribution in [0, 0.1) is 0 Å². The van der Waals surface area contributed by atoms with Crippen molar-refractivity contribution in [3.8, 4) is 22.3 Å². The van der Waals surface area contributed by atoms with E-state index in [-0.39, 0.29) is 0 Å². The average molecular weight is 627 g/mol. The molecule has 0 N–H and O–H groups in total. The molecule has 11 aromatic rings. The molecular formula is C46H26OS. The van der Waals surface area contributed by atoms with Crippen molar-refractivity contribution in [1.29, 1.82) is 0 Å². The largest absolute Gasteiger partial charge is 0.456 e. The maximum absolute atomic E-state index is 6.67. The third kappa shape index (κ3) is 3.61. The van der Waals surface area contributed by atoms with Gasteiger partial charge in [-0.25, -0.2) is 0 Å². The van der Waals surface area contributed by atoms with Gasteiger partial charge in [-0.05, 0) is 102 Å². The van der Waals surface area contributed by atoms with E-state index in [1.807, 2.05) is 11.3 Å². The number of fused-ring (bicyclic) bond motifs is 11. The van der Waals surface area contributed by atoms with E-state index in [0.29, 0.717) is 0 Å². The summed E-state index contributed by atoms with van der Waals surface area (Å²) in [5, 5.41) is 15.0. The van der Waals surface area contributed by atoms with Crippen LogP contribution in [0.3, 0.4) is 0 Å². The molecule has 11 rings (SSSR count). The van der Waals surface area contributed by atoms with Crippen LogP contribution >= 0.6 is 11.3 Å². The lowest BCUT2D eigenvalue weighted by molar-refractivity contribution is 0.669. The zero-order valence-corrected chi connectivity index (χ0v) is 26.6. The van der Waals surface area contributed by atoms with E-state index < -0.39 is 0 Å². The predicted octanol–water partition coefficient (Wildman–Crippen LogP) is 13.9. The fourth-order valence-corrected chi connectivity index (χ4v) is 9.28. The first-order valence-corrected chi connectivity index (χ1v) is 17.2. The second kappa shape index (κ2) is 9.78. The lowest BCUT2D eigenvalue weighted by Crippen LogP contribution is -1.91. The van der Waals surface area contributed by atoms with E-state index in [0.717, 1.165) is 22.1 Å². The first-order valence-electron chi connectivity index (χ1n) is 16.4. The second-order valence-corrected chi connectivity index (χ2v) is 13.9. The minimum absolute atomic E-state index is 0.913. The van der Waals surface area contributed by atoms with Crippen LogP contribution in [0.1, 0.15) is 0 Å². The predicted molar refractivity (Wildman–Crippen MR) is 208 cm³/mol. The number of furan rings is 1. The van der Waals surface area contributed by atoms with Gasteiger partial charge in [0.15, 0.2) is 0 Å². The molecule has 2 heterocycles. The molecule has 0 saturated heterocycles. The number of hydrogen-bond donors (Lipinski definition) is 0. The molecule has 222 valence electrons. The number of rotatable bonds is 2. The van der Waals surface area contributed by atoms with Gasteiger partial charge in [0.2, 0.25) is 0 Å². The van der Waals surface area contributed by atoms with Crippen LogP contribution in [0.2, 0.25) is 0 Å². The summed E-state index contributed by atoms with van der Waals surface area (Å²) in [5.41, 5.74) is 6.79. The Hall–Kier alpha value is -5.96.